The molecule has 0 radical (unpaired) electrons. The Hall–Kier alpha value is -2.60. The Balaban J connectivity index is 1.96. The molecule has 0 N–H and O–H groups in total. The normalized spacial score (nSPS) is 17.8. The van der Waals surface area contributed by atoms with E-state index in [1.807, 2.05) is 60.7 Å². The van der Waals surface area contributed by atoms with E-state index < -0.39 is 4.92 Å². The highest BCUT2D eigenvalue weighted by atomic mass is 32.2. The number of hydrogen-bond donors (Lipinski definition) is 0. The second-order valence-electron chi connectivity index (χ2n) is 4.26. The molecule has 0 spiro atoms. The molecule has 1 aliphatic rings. The summed E-state index contributed by atoms with van der Waals surface area (Å²) in [7, 11) is 0. The minimum absolute atomic E-state index is 0.447. The Morgan fingerprint density at radius 1 is 1.05 bits per heavy atom. The fourth-order valence-corrected chi connectivity index (χ4v) is 2.84. The lowest BCUT2D eigenvalue weighted by Gasteiger charge is -2.34. The van der Waals surface area contributed by atoms with Crippen LogP contribution in [0.2, 0.25) is 0 Å². The quantitative estimate of drug-likeness (QED) is 0.634. The third-order valence-corrected chi connectivity index (χ3v) is 3.77. The van der Waals surface area contributed by atoms with Crippen molar-refractivity contribution < 1.29 is 4.92 Å². The summed E-state index contributed by atoms with van der Waals surface area (Å²) in [5.41, 5.74) is 1.68. The molecule has 0 saturated carbocycles. The van der Waals surface area contributed by atoms with Gasteiger partial charge in [0.1, 0.15) is 0 Å². The topological polar surface area (TPSA) is 58.7 Å². The number of nitro groups is 1. The van der Waals surface area contributed by atoms with E-state index in [1.54, 1.807) is 4.90 Å². The average Bonchev–Trinajstić information content (AvgIpc) is 2.47. The van der Waals surface area contributed by atoms with E-state index in [0.717, 1.165) is 22.7 Å². The van der Waals surface area contributed by atoms with Gasteiger partial charge < -0.3 is 0 Å². The van der Waals surface area contributed by atoms with E-state index in [1.165, 1.54) is 11.8 Å². The highest BCUT2D eigenvalue weighted by molar-refractivity contribution is 8.20. The van der Waals surface area contributed by atoms with E-state index in [-0.39, 0.29) is 0 Å². The molecule has 0 aliphatic carbocycles. The molecule has 21 heavy (non-hydrogen) atoms. The van der Waals surface area contributed by atoms with Gasteiger partial charge in [-0.1, -0.05) is 36.4 Å². The summed E-state index contributed by atoms with van der Waals surface area (Å²) in [4.78, 5) is 16.5. The molecule has 2 aromatic carbocycles. The summed E-state index contributed by atoms with van der Waals surface area (Å²) in [6.07, 6.45) is 1.00. The van der Waals surface area contributed by atoms with Crippen LogP contribution in [0, 0.1) is 10.1 Å². The minimum Gasteiger partial charge on any atom is -0.278 e. The molecule has 1 saturated heterocycles. The van der Waals surface area contributed by atoms with E-state index >= 15 is 0 Å². The number of thioether (sulfide) groups is 1. The van der Waals surface area contributed by atoms with Crippen molar-refractivity contribution in [2.75, 3.05) is 4.90 Å². The molecule has 1 fully saturated rings. The predicted molar refractivity (Wildman–Crippen MR) is 85.1 cm³/mol. The highest BCUT2D eigenvalue weighted by Gasteiger charge is 2.33. The highest BCUT2D eigenvalue weighted by Crippen LogP contribution is 2.41. The number of amidine groups is 1. The largest absolute Gasteiger partial charge is 0.278 e. The van der Waals surface area contributed by atoms with Crippen molar-refractivity contribution in [2.24, 2.45) is 4.99 Å². The van der Waals surface area contributed by atoms with Gasteiger partial charge in [0.25, 0.3) is 6.20 Å². The zero-order valence-electron chi connectivity index (χ0n) is 10.9. The van der Waals surface area contributed by atoms with Crippen molar-refractivity contribution in [3.05, 3.63) is 82.0 Å². The second kappa shape index (κ2) is 5.80. The van der Waals surface area contributed by atoms with Crippen LogP contribution in [0.1, 0.15) is 0 Å². The molecule has 0 aromatic heterocycles. The first kappa shape index (κ1) is 13.4. The van der Waals surface area contributed by atoms with Crippen LogP contribution in [0.25, 0.3) is 0 Å². The Kier molecular flexibility index (Phi) is 3.70. The third-order valence-electron chi connectivity index (χ3n) is 2.82. The molecule has 5 nitrogen and oxygen atoms in total. The lowest BCUT2D eigenvalue weighted by Crippen LogP contribution is -2.36. The molecule has 3 rings (SSSR count). The first-order chi connectivity index (χ1) is 10.2. The summed E-state index contributed by atoms with van der Waals surface area (Å²) in [6.45, 7) is 0. The zero-order valence-corrected chi connectivity index (χ0v) is 11.7. The molecule has 0 amide bonds. The van der Waals surface area contributed by atoms with E-state index in [9.17, 15) is 10.1 Å². The number of rotatable bonds is 3. The lowest BCUT2D eigenvalue weighted by atomic mass is 10.3. The van der Waals surface area contributed by atoms with Crippen molar-refractivity contribution in [2.45, 2.75) is 0 Å². The first-order valence-electron chi connectivity index (χ1n) is 6.26. The summed E-state index contributed by atoms with van der Waals surface area (Å²) in [5, 5.41) is 12.0. The number of para-hydroxylation sites is 2. The fraction of sp³-hybridized carbons (Fsp3) is 0. The average molecular weight is 297 g/mol. The van der Waals surface area contributed by atoms with Crippen molar-refractivity contribution in [3.8, 4) is 0 Å². The van der Waals surface area contributed by atoms with Crippen molar-refractivity contribution in [1.82, 2.24) is 0 Å². The third kappa shape index (κ3) is 2.95. The molecular formula is C15H11N3O2S. The van der Waals surface area contributed by atoms with E-state index in [2.05, 4.69) is 4.99 Å². The Morgan fingerprint density at radius 3 is 2.29 bits per heavy atom. The number of nitrogens with zero attached hydrogens (tertiary/aromatic N) is 3. The van der Waals surface area contributed by atoms with Crippen molar-refractivity contribution >= 4 is 28.3 Å². The standard InChI is InChI=1S/C15H11N3O2S/c19-17(20)11-14-18(13-9-5-2-6-10-13)15(21-14)16-12-7-3-1-4-8-12/h1-11H/b14-11+,16-15?. The molecule has 1 heterocycles. The van der Waals surface area contributed by atoms with Crippen LogP contribution >= 0.6 is 11.8 Å². The minimum atomic E-state index is -0.447. The molecular weight excluding hydrogens is 286 g/mol. The molecule has 104 valence electrons. The number of benzene rings is 2. The molecule has 0 bridgehead atoms. The van der Waals surface area contributed by atoms with Gasteiger partial charge in [-0.25, -0.2) is 4.99 Å². The van der Waals surface area contributed by atoms with Gasteiger partial charge in [0.2, 0.25) is 0 Å². The fourth-order valence-electron chi connectivity index (χ4n) is 1.91. The van der Waals surface area contributed by atoms with Gasteiger partial charge in [0.05, 0.1) is 10.6 Å². The number of hydrogen-bond acceptors (Lipinski definition) is 4. The molecule has 0 unspecified atom stereocenters. The van der Waals surface area contributed by atoms with Gasteiger partial charge in [0.15, 0.2) is 10.2 Å². The van der Waals surface area contributed by atoms with Crippen LogP contribution in [0.4, 0.5) is 11.4 Å². The van der Waals surface area contributed by atoms with E-state index in [0.29, 0.717) is 5.03 Å². The Bertz CT molecular complexity index is 714. The monoisotopic (exact) mass is 297 g/mol. The van der Waals surface area contributed by atoms with Crippen LogP contribution in [0.3, 0.4) is 0 Å². The second-order valence-corrected chi connectivity index (χ2v) is 5.24. The van der Waals surface area contributed by atoms with Gasteiger partial charge in [-0.05, 0) is 36.0 Å². The molecule has 2 aromatic rings. The van der Waals surface area contributed by atoms with Gasteiger partial charge >= 0.3 is 0 Å². The van der Waals surface area contributed by atoms with Crippen LogP contribution in [-0.2, 0) is 0 Å². The number of aliphatic imine (C=N–C) groups is 1. The van der Waals surface area contributed by atoms with Crippen LogP contribution in [0.5, 0.6) is 0 Å². The number of anilines is 1. The smallest absolute Gasteiger partial charge is 0.265 e. The molecule has 0 atom stereocenters. The molecule has 1 aliphatic heterocycles. The van der Waals surface area contributed by atoms with Gasteiger partial charge in [-0.2, -0.15) is 0 Å². The van der Waals surface area contributed by atoms with Crippen LogP contribution < -0.4 is 4.90 Å². The summed E-state index contributed by atoms with van der Waals surface area (Å²) in [6, 6.07) is 19.0. The van der Waals surface area contributed by atoms with Crippen molar-refractivity contribution in [3.63, 3.8) is 0 Å². The van der Waals surface area contributed by atoms with Gasteiger partial charge in [0, 0.05) is 5.69 Å². The maximum Gasteiger partial charge on any atom is 0.265 e. The lowest BCUT2D eigenvalue weighted by molar-refractivity contribution is -0.402. The summed E-state index contributed by atoms with van der Waals surface area (Å²) >= 11 is 1.30. The van der Waals surface area contributed by atoms with Gasteiger partial charge in [-0.15, -0.1) is 0 Å². The van der Waals surface area contributed by atoms with Crippen LogP contribution in [-0.4, -0.2) is 10.1 Å². The van der Waals surface area contributed by atoms with Crippen molar-refractivity contribution in [1.29, 1.82) is 0 Å². The Labute approximate surface area is 125 Å². The predicted octanol–water partition coefficient (Wildman–Crippen LogP) is 4.00. The van der Waals surface area contributed by atoms with E-state index in [4.69, 9.17) is 0 Å². The maximum atomic E-state index is 10.7. The Morgan fingerprint density at radius 2 is 1.67 bits per heavy atom. The molecule has 6 heteroatoms. The maximum absolute atomic E-state index is 10.7. The summed E-state index contributed by atoms with van der Waals surface area (Å²) < 4.78 is 0. The summed E-state index contributed by atoms with van der Waals surface area (Å²) in [5.74, 6) is 0. The SMILES string of the molecule is O=[N+]([O-])/C=C1/SC(=Nc2ccccc2)N1c1ccccc1. The van der Waals surface area contributed by atoms with Crippen LogP contribution in [0.15, 0.2) is 76.9 Å². The first-order valence-corrected chi connectivity index (χ1v) is 7.08. The zero-order chi connectivity index (χ0) is 14.7. The van der Waals surface area contributed by atoms with Gasteiger partial charge in [-0.3, -0.25) is 15.0 Å².